The van der Waals surface area contributed by atoms with Gasteiger partial charge in [-0.1, -0.05) is 41.9 Å². The molecule has 0 unspecified atom stereocenters. The molecule has 9 heteroatoms. The Morgan fingerprint density at radius 3 is 2.58 bits per heavy atom. The third-order valence-electron chi connectivity index (χ3n) is 7.35. The number of urea groups is 1. The Bertz CT molecular complexity index is 1500. The second-order valence-electron chi connectivity index (χ2n) is 9.64. The monoisotopic (exact) mass is 548 g/mol. The first-order valence-corrected chi connectivity index (χ1v) is 13.7. The number of nitrogens with one attached hydrogen (secondary N) is 1. The minimum Gasteiger partial charge on any atom is -0.495 e. The molecular weight excluding hydrogens is 520 g/mol. The van der Waals surface area contributed by atoms with Gasteiger partial charge in [0.15, 0.2) is 0 Å². The lowest BCUT2D eigenvalue weighted by Crippen LogP contribution is -2.38. The molecule has 0 saturated heterocycles. The van der Waals surface area contributed by atoms with E-state index < -0.39 is 0 Å². The van der Waals surface area contributed by atoms with Gasteiger partial charge in [-0.15, -0.1) is 11.3 Å². The summed E-state index contributed by atoms with van der Waals surface area (Å²) in [6.07, 6.45) is 3.09. The second kappa shape index (κ2) is 10.0. The summed E-state index contributed by atoms with van der Waals surface area (Å²) in [6.45, 7) is 2.42. The molecule has 2 aliphatic rings. The fourth-order valence-corrected chi connectivity index (χ4v) is 7.17. The zero-order valence-electron chi connectivity index (χ0n) is 21.5. The zero-order valence-corrected chi connectivity index (χ0v) is 23.1. The van der Waals surface area contributed by atoms with Crippen molar-refractivity contribution < 1.29 is 14.3 Å². The van der Waals surface area contributed by atoms with E-state index in [1.54, 1.807) is 26.4 Å². The van der Waals surface area contributed by atoms with E-state index >= 15 is 0 Å². The average Bonchev–Trinajstić information content (AvgIpc) is 3.50. The molecule has 0 fully saturated rings. The van der Waals surface area contributed by atoms with Crippen molar-refractivity contribution in [2.75, 3.05) is 33.1 Å². The van der Waals surface area contributed by atoms with E-state index in [-0.39, 0.29) is 12.1 Å². The van der Waals surface area contributed by atoms with Crippen molar-refractivity contribution in [2.45, 2.75) is 25.6 Å². The minimum absolute atomic E-state index is 0.230. The first-order valence-electron chi connectivity index (χ1n) is 12.5. The molecule has 4 aromatic rings. The maximum atomic E-state index is 14.2. The summed E-state index contributed by atoms with van der Waals surface area (Å²) in [5.41, 5.74) is 5.19. The highest BCUT2D eigenvalue weighted by atomic mass is 35.5. The van der Waals surface area contributed by atoms with Crippen LogP contribution in [0.3, 0.4) is 0 Å². The van der Waals surface area contributed by atoms with Crippen molar-refractivity contribution in [1.29, 1.82) is 0 Å². The molecule has 38 heavy (non-hydrogen) atoms. The summed E-state index contributed by atoms with van der Waals surface area (Å²) >= 11 is 8.26. The fraction of sp³-hybridized carbons (Fsp3) is 0.276. The fourth-order valence-electron chi connectivity index (χ4n) is 5.48. The summed E-state index contributed by atoms with van der Waals surface area (Å²) in [5.74, 6) is 0.960. The molecule has 2 aromatic heterocycles. The number of fused-ring (bicyclic) bond motifs is 5. The normalized spacial score (nSPS) is 16.7. The van der Waals surface area contributed by atoms with Gasteiger partial charge in [-0.3, -0.25) is 0 Å². The molecular formula is C29H29ClN4O3S. The van der Waals surface area contributed by atoms with Gasteiger partial charge >= 0.3 is 6.03 Å². The first kappa shape index (κ1) is 24.9. The van der Waals surface area contributed by atoms with E-state index in [0.717, 1.165) is 30.8 Å². The van der Waals surface area contributed by atoms with Gasteiger partial charge in [0.2, 0.25) is 0 Å². The smallest absolute Gasteiger partial charge is 0.323 e. The molecule has 2 aromatic carbocycles. The van der Waals surface area contributed by atoms with Crippen molar-refractivity contribution in [3.63, 3.8) is 0 Å². The van der Waals surface area contributed by atoms with Crippen molar-refractivity contribution in [3.05, 3.63) is 93.1 Å². The highest BCUT2D eigenvalue weighted by Crippen LogP contribution is 2.44. The van der Waals surface area contributed by atoms with Gasteiger partial charge in [-0.25, -0.2) is 4.79 Å². The first-order chi connectivity index (χ1) is 18.5. The van der Waals surface area contributed by atoms with Gasteiger partial charge < -0.3 is 29.2 Å². The van der Waals surface area contributed by atoms with Crippen molar-refractivity contribution in [1.82, 2.24) is 14.4 Å². The third kappa shape index (κ3) is 4.22. The van der Waals surface area contributed by atoms with E-state index in [1.807, 2.05) is 34.4 Å². The van der Waals surface area contributed by atoms with E-state index in [2.05, 4.69) is 52.3 Å². The van der Waals surface area contributed by atoms with Crippen molar-refractivity contribution in [3.8, 4) is 16.5 Å². The van der Waals surface area contributed by atoms with Gasteiger partial charge in [0, 0.05) is 35.8 Å². The number of hydrogen-bond acceptors (Lipinski definition) is 5. The summed E-state index contributed by atoms with van der Waals surface area (Å²) in [5, 5.41) is 4.69. The maximum absolute atomic E-state index is 14.2. The predicted molar refractivity (Wildman–Crippen MR) is 151 cm³/mol. The summed E-state index contributed by atoms with van der Waals surface area (Å²) < 4.78 is 13.2. The van der Waals surface area contributed by atoms with Crippen molar-refractivity contribution >= 4 is 34.7 Å². The van der Waals surface area contributed by atoms with Crippen LogP contribution in [0.1, 0.15) is 33.3 Å². The van der Waals surface area contributed by atoms with E-state index in [9.17, 15) is 4.79 Å². The molecule has 7 nitrogen and oxygen atoms in total. The molecule has 2 amide bonds. The van der Waals surface area contributed by atoms with E-state index in [1.165, 1.54) is 21.0 Å². The lowest BCUT2D eigenvalue weighted by atomic mass is 10.0. The van der Waals surface area contributed by atoms with Crippen LogP contribution >= 0.6 is 22.9 Å². The van der Waals surface area contributed by atoms with Gasteiger partial charge in [0.1, 0.15) is 16.5 Å². The van der Waals surface area contributed by atoms with Crippen LogP contribution in [0.2, 0.25) is 5.02 Å². The molecule has 1 N–H and O–H groups in total. The predicted octanol–water partition coefficient (Wildman–Crippen LogP) is 6.33. The lowest BCUT2D eigenvalue weighted by molar-refractivity contribution is 0.194. The number of rotatable bonds is 4. The van der Waals surface area contributed by atoms with Crippen LogP contribution in [0.25, 0.3) is 5.00 Å². The Hall–Kier alpha value is -3.46. The number of thiophene rings is 1. The number of halogens is 1. The van der Waals surface area contributed by atoms with Gasteiger partial charge in [0.05, 0.1) is 43.2 Å². The number of hydrogen-bond donors (Lipinski definition) is 1. The maximum Gasteiger partial charge on any atom is 0.323 e. The minimum atomic E-state index is -0.285. The number of carbonyl (C=O) groups excluding carboxylic acids is 1. The molecule has 0 aliphatic carbocycles. The highest BCUT2D eigenvalue weighted by Gasteiger charge is 2.36. The van der Waals surface area contributed by atoms with Gasteiger partial charge in [-0.05, 0) is 42.8 Å². The number of likely N-dealkylation sites (N-methyl/N-ethyl adjacent to an activating group) is 1. The van der Waals surface area contributed by atoms with Crippen LogP contribution in [-0.2, 0) is 19.5 Å². The van der Waals surface area contributed by atoms with Gasteiger partial charge in [0.25, 0.3) is 0 Å². The Morgan fingerprint density at radius 2 is 1.82 bits per heavy atom. The SMILES string of the molecule is COc1cc(OC)c(NC(=O)N2Cc3c(sc4c3CCN(C)C4)-n3cccc3[C@H]2c2ccccc2)cc1Cl. The molecule has 0 saturated carbocycles. The number of benzene rings is 2. The number of amides is 2. The molecule has 6 rings (SSSR count). The molecule has 1 atom stereocenters. The summed E-state index contributed by atoms with van der Waals surface area (Å²) in [7, 11) is 5.27. The Balaban J connectivity index is 1.47. The molecule has 0 bridgehead atoms. The van der Waals surface area contributed by atoms with Crippen LogP contribution in [0.15, 0.2) is 60.8 Å². The molecule has 0 radical (unpaired) electrons. The van der Waals surface area contributed by atoms with E-state index in [4.69, 9.17) is 21.1 Å². The van der Waals surface area contributed by atoms with Crippen LogP contribution in [0, 0.1) is 0 Å². The van der Waals surface area contributed by atoms with Crippen molar-refractivity contribution in [2.24, 2.45) is 0 Å². The molecule has 4 heterocycles. The molecule has 0 spiro atoms. The van der Waals surface area contributed by atoms with Crippen LogP contribution in [0.4, 0.5) is 10.5 Å². The Kier molecular flexibility index (Phi) is 6.55. The average molecular weight is 549 g/mol. The quantitative estimate of drug-likeness (QED) is 0.323. The standard InChI is InChI=1S/C29H29ClN4O3S/c1-32-13-11-19-20-16-34(29(35)31-22-14-21(30)24(36-2)15-25(22)37-3)27(18-8-5-4-6-9-18)23-10-7-12-33(23)28(20)38-26(19)17-32/h4-10,12,14-15,27H,11,13,16-17H2,1-3H3,(H,31,35)/t27-/m1/s1. The lowest BCUT2D eigenvalue weighted by Gasteiger charge is -2.32. The number of carbonyl (C=O) groups is 1. The second-order valence-corrected chi connectivity index (χ2v) is 11.1. The molecule has 196 valence electrons. The number of methoxy groups -OCH3 is 2. The third-order valence-corrected chi connectivity index (χ3v) is 8.90. The number of ether oxygens (including phenoxy) is 2. The number of nitrogens with zero attached hydrogens (tertiary/aromatic N) is 3. The number of anilines is 1. The number of aromatic nitrogens is 1. The highest BCUT2D eigenvalue weighted by molar-refractivity contribution is 7.15. The Morgan fingerprint density at radius 1 is 1.03 bits per heavy atom. The molecule has 2 aliphatic heterocycles. The largest absolute Gasteiger partial charge is 0.495 e. The van der Waals surface area contributed by atoms with Crippen LogP contribution < -0.4 is 14.8 Å². The van der Waals surface area contributed by atoms with Crippen LogP contribution in [-0.4, -0.2) is 48.2 Å². The van der Waals surface area contributed by atoms with Gasteiger partial charge in [-0.2, -0.15) is 0 Å². The summed E-state index contributed by atoms with van der Waals surface area (Å²) in [6, 6.07) is 17.2. The topological polar surface area (TPSA) is 59.0 Å². The zero-order chi connectivity index (χ0) is 26.4. The Labute approximate surface area is 231 Å². The van der Waals surface area contributed by atoms with Crippen LogP contribution in [0.5, 0.6) is 11.5 Å². The van der Waals surface area contributed by atoms with E-state index in [0.29, 0.717) is 28.8 Å². The summed E-state index contributed by atoms with van der Waals surface area (Å²) in [4.78, 5) is 19.9.